The first-order chi connectivity index (χ1) is 13.0. The number of benzene rings is 2. The van der Waals surface area contributed by atoms with E-state index in [1.54, 1.807) is 0 Å². The molecule has 0 radical (unpaired) electrons. The van der Waals surface area contributed by atoms with E-state index in [-0.39, 0.29) is 5.04 Å². The lowest BCUT2D eigenvalue weighted by Crippen LogP contribution is -2.41. The highest BCUT2D eigenvalue weighted by atomic mass is 28.4. The molecule has 1 atom stereocenters. The molecule has 0 heterocycles. The lowest BCUT2D eigenvalue weighted by atomic mass is 9.87. The summed E-state index contributed by atoms with van der Waals surface area (Å²) in [6, 6.07) is 14.9. The summed E-state index contributed by atoms with van der Waals surface area (Å²) in [4.78, 5) is 0. The molecular formula is C24H32O3Si. The fourth-order valence-corrected chi connectivity index (χ4v) is 3.62. The minimum absolute atomic E-state index is 0.185. The number of aliphatic hydroxyl groups is 1. The van der Waals surface area contributed by atoms with E-state index < -0.39 is 13.9 Å². The van der Waals surface area contributed by atoms with E-state index in [4.69, 9.17) is 15.6 Å². The Bertz CT molecular complexity index is 811. The number of hydrogen-bond acceptors (Lipinski definition) is 3. The molecule has 0 saturated carbocycles. The van der Waals surface area contributed by atoms with Crippen molar-refractivity contribution >= 4 is 8.32 Å². The molecule has 0 aromatic heterocycles. The van der Waals surface area contributed by atoms with Gasteiger partial charge in [0.15, 0.2) is 13.9 Å². The van der Waals surface area contributed by atoms with Crippen molar-refractivity contribution in [2.75, 3.05) is 13.2 Å². The number of hydrogen-bond donors (Lipinski definition) is 1. The third kappa shape index (κ3) is 5.05. The van der Waals surface area contributed by atoms with Gasteiger partial charge in [0.2, 0.25) is 0 Å². The van der Waals surface area contributed by atoms with Crippen LogP contribution in [0.1, 0.15) is 37.5 Å². The zero-order chi connectivity index (χ0) is 21.0. The lowest BCUT2D eigenvalue weighted by molar-refractivity contribution is 0.145. The van der Waals surface area contributed by atoms with E-state index in [2.05, 4.69) is 39.8 Å². The van der Waals surface area contributed by atoms with Crippen LogP contribution in [-0.2, 0) is 10.0 Å². The van der Waals surface area contributed by atoms with Crippen molar-refractivity contribution in [3.63, 3.8) is 0 Å². The maximum atomic E-state index is 11.0. The van der Waals surface area contributed by atoms with Crippen LogP contribution in [0.15, 0.2) is 48.5 Å². The molecule has 0 fully saturated rings. The van der Waals surface area contributed by atoms with Gasteiger partial charge in [-0.25, -0.2) is 0 Å². The highest BCUT2D eigenvalue weighted by molar-refractivity contribution is 6.74. The summed E-state index contributed by atoms with van der Waals surface area (Å²) in [5.41, 5.74) is 0.977. The monoisotopic (exact) mass is 396 g/mol. The van der Waals surface area contributed by atoms with Crippen LogP contribution < -0.4 is 4.74 Å². The van der Waals surface area contributed by atoms with Gasteiger partial charge >= 0.3 is 0 Å². The van der Waals surface area contributed by atoms with E-state index in [9.17, 15) is 5.11 Å². The van der Waals surface area contributed by atoms with E-state index in [1.807, 2.05) is 55.5 Å². The fraction of sp³-hybridized carbons (Fsp3) is 0.417. The van der Waals surface area contributed by atoms with E-state index in [1.165, 1.54) is 0 Å². The summed E-state index contributed by atoms with van der Waals surface area (Å²) < 4.78 is 11.9. The van der Waals surface area contributed by atoms with Gasteiger partial charge in [0.05, 0.1) is 6.61 Å². The van der Waals surface area contributed by atoms with Crippen molar-refractivity contribution in [1.29, 1.82) is 0 Å². The number of ether oxygens (including phenoxy) is 1. The van der Waals surface area contributed by atoms with Crippen molar-refractivity contribution in [1.82, 2.24) is 0 Å². The summed E-state index contributed by atoms with van der Waals surface area (Å²) >= 11 is 0. The largest absolute Gasteiger partial charge is 0.491 e. The predicted octanol–water partition coefficient (Wildman–Crippen LogP) is 5.26. The Morgan fingerprint density at radius 3 is 1.89 bits per heavy atom. The average Bonchev–Trinajstić information content (AvgIpc) is 2.65. The van der Waals surface area contributed by atoms with Crippen molar-refractivity contribution in [3.05, 3.63) is 65.2 Å². The highest BCUT2D eigenvalue weighted by Gasteiger charge is 2.37. The number of rotatable bonds is 7. The van der Waals surface area contributed by atoms with Gasteiger partial charge in [-0.05, 0) is 37.2 Å². The third-order valence-corrected chi connectivity index (χ3v) is 10.1. The first-order valence-corrected chi connectivity index (χ1v) is 12.5. The molecule has 3 nitrogen and oxygen atoms in total. The van der Waals surface area contributed by atoms with Gasteiger partial charge in [-0.3, -0.25) is 0 Å². The Hall–Kier alpha value is -2.06. The third-order valence-electron chi connectivity index (χ3n) is 5.57. The Labute approximate surface area is 170 Å². The molecule has 2 aromatic rings. The van der Waals surface area contributed by atoms with Crippen LogP contribution in [0.25, 0.3) is 0 Å². The van der Waals surface area contributed by atoms with E-state index >= 15 is 0 Å². The predicted molar refractivity (Wildman–Crippen MR) is 118 cm³/mol. The Morgan fingerprint density at radius 2 is 1.43 bits per heavy atom. The highest BCUT2D eigenvalue weighted by Crippen LogP contribution is 2.36. The Morgan fingerprint density at radius 1 is 0.929 bits per heavy atom. The standard InChI is InChI=1S/C24H32O3Si/c1-8-24(25,20-11-9-19(2)10-12-20)21-13-15-22(16-14-21)26-17-18-27-28(6,7)23(3,4)5/h1,9-16,25H,17-18H2,2-7H3. The van der Waals surface area contributed by atoms with Crippen LogP contribution >= 0.6 is 0 Å². The normalized spacial score (nSPS) is 14.2. The molecule has 1 N–H and O–H groups in total. The SMILES string of the molecule is C#CC(O)(c1ccc(C)cc1)c1ccc(OCCO[Si](C)(C)C(C)(C)C)cc1. The average molecular weight is 397 g/mol. The van der Waals surface area contributed by atoms with Crippen LogP contribution in [0.4, 0.5) is 0 Å². The molecular weight excluding hydrogens is 364 g/mol. The molecule has 28 heavy (non-hydrogen) atoms. The van der Waals surface area contributed by atoms with E-state index in [0.29, 0.717) is 24.3 Å². The topological polar surface area (TPSA) is 38.7 Å². The van der Waals surface area contributed by atoms with Crippen molar-refractivity contribution < 1.29 is 14.3 Å². The zero-order valence-electron chi connectivity index (χ0n) is 17.9. The quantitative estimate of drug-likeness (QED) is 0.394. The zero-order valence-corrected chi connectivity index (χ0v) is 18.9. The van der Waals surface area contributed by atoms with Crippen LogP contribution in [0.2, 0.25) is 18.1 Å². The molecule has 0 aliphatic carbocycles. The lowest BCUT2D eigenvalue weighted by Gasteiger charge is -2.36. The van der Waals surface area contributed by atoms with Gasteiger partial charge in [-0.2, -0.15) is 0 Å². The first-order valence-electron chi connectivity index (χ1n) is 9.64. The molecule has 0 saturated heterocycles. The Balaban J connectivity index is 2.01. The maximum Gasteiger partial charge on any atom is 0.192 e. The summed E-state index contributed by atoms with van der Waals surface area (Å²) in [5, 5.41) is 11.2. The van der Waals surface area contributed by atoms with E-state index in [0.717, 1.165) is 11.3 Å². The summed E-state index contributed by atoms with van der Waals surface area (Å²) in [5.74, 6) is 3.26. The van der Waals surface area contributed by atoms with Crippen molar-refractivity contribution in [3.8, 4) is 18.1 Å². The van der Waals surface area contributed by atoms with Gasteiger partial charge in [-0.1, -0.05) is 68.7 Å². The maximum absolute atomic E-state index is 11.0. The molecule has 150 valence electrons. The van der Waals surface area contributed by atoms with Crippen LogP contribution in [0.5, 0.6) is 5.75 Å². The van der Waals surface area contributed by atoms with Crippen molar-refractivity contribution in [2.24, 2.45) is 0 Å². The van der Waals surface area contributed by atoms with Gasteiger partial charge in [0, 0.05) is 11.1 Å². The summed E-state index contributed by atoms with van der Waals surface area (Å²) in [6.45, 7) is 14.2. The molecule has 0 spiro atoms. The minimum atomic E-state index is -1.76. The molecule has 4 heteroatoms. The van der Waals surface area contributed by atoms with Crippen LogP contribution in [-0.4, -0.2) is 26.6 Å². The summed E-state index contributed by atoms with van der Waals surface area (Å²) in [7, 11) is -1.76. The molecule has 2 rings (SSSR count). The first kappa shape index (κ1) is 22.2. The summed E-state index contributed by atoms with van der Waals surface area (Å²) in [6.07, 6.45) is 5.68. The van der Waals surface area contributed by atoms with Crippen molar-refractivity contribution in [2.45, 2.75) is 51.4 Å². The molecule has 2 aromatic carbocycles. The van der Waals surface area contributed by atoms with Gasteiger partial charge in [0.25, 0.3) is 0 Å². The molecule has 0 bridgehead atoms. The van der Waals surface area contributed by atoms with Crippen LogP contribution in [0.3, 0.4) is 0 Å². The minimum Gasteiger partial charge on any atom is -0.491 e. The van der Waals surface area contributed by atoms with Crippen LogP contribution in [0, 0.1) is 19.3 Å². The fourth-order valence-electron chi connectivity index (χ4n) is 2.59. The molecule has 0 aliphatic heterocycles. The van der Waals surface area contributed by atoms with Gasteiger partial charge in [-0.15, -0.1) is 6.42 Å². The number of aryl methyl sites for hydroxylation is 1. The smallest absolute Gasteiger partial charge is 0.192 e. The number of terminal acetylenes is 1. The van der Waals surface area contributed by atoms with Gasteiger partial charge < -0.3 is 14.3 Å². The second kappa shape index (κ2) is 8.53. The second-order valence-corrected chi connectivity index (χ2v) is 13.5. The second-order valence-electron chi connectivity index (χ2n) is 8.70. The molecule has 0 amide bonds. The Kier molecular flexibility index (Phi) is 6.77. The molecule has 1 unspecified atom stereocenters. The van der Waals surface area contributed by atoms with Gasteiger partial charge in [0.1, 0.15) is 12.4 Å². The molecule has 0 aliphatic rings.